The third-order valence-corrected chi connectivity index (χ3v) is 2.05. The van der Waals surface area contributed by atoms with E-state index in [1.165, 1.54) is 12.1 Å². The summed E-state index contributed by atoms with van der Waals surface area (Å²) in [5.41, 5.74) is 0.714. The monoisotopic (exact) mass is 240 g/mol. The van der Waals surface area contributed by atoms with Gasteiger partial charge < -0.3 is 0 Å². The van der Waals surface area contributed by atoms with Crippen molar-refractivity contribution in [2.45, 2.75) is 0 Å². The quantitative estimate of drug-likeness (QED) is 0.750. The molecule has 0 aliphatic carbocycles. The number of nitrogens with zero attached hydrogens (tertiary/aromatic N) is 2. The molecule has 0 bridgehead atoms. The lowest BCUT2D eigenvalue weighted by molar-refractivity contribution is 0.625. The van der Waals surface area contributed by atoms with Crippen molar-refractivity contribution < 1.29 is 4.39 Å². The molecule has 0 amide bonds. The lowest BCUT2D eigenvalue weighted by Crippen LogP contribution is -1.94. The highest BCUT2D eigenvalue weighted by atomic mass is 79.9. The zero-order valence-electron chi connectivity index (χ0n) is 6.61. The van der Waals surface area contributed by atoms with Gasteiger partial charge >= 0.3 is 0 Å². The van der Waals surface area contributed by atoms with Gasteiger partial charge in [-0.15, -0.1) is 0 Å². The molecule has 0 aliphatic rings. The lowest BCUT2D eigenvalue weighted by Gasteiger charge is -1.99. The predicted molar refractivity (Wildman–Crippen MR) is 51.2 cm³/mol. The Kier molecular flexibility index (Phi) is 2.14. The first-order valence-electron chi connectivity index (χ1n) is 3.73. The molecular formula is C9H6BrFN2. The van der Waals surface area contributed by atoms with Crippen molar-refractivity contribution in [1.29, 1.82) is 0 Å². The summed E-state index contributed by atoms with van der Waals surface area (Å²) >= 11 is 3.22. The Morgan fingerprint density at radius 2 is 2.15 bits per heavy atom. The summed E-state index contributed by atoms with van der Waals surface area (Å²) in [5, 5.41) is 4.09. The topological polar surface area (TPSA) is 17.8 Å². The second-order valence-electron chi connectivity index (χ2n) is 2.56. The summed E-state index contributed by atoms with van der Waals surface area (Å²) < 4.78 is 15.1. The first-order chi connectivity index (χ1) is 6.25. The average Bonchev–Trinajstić information content (AvgIpc) is 2.52. The normalized spacial score (nSPS) is 10.3. The van der Waals surface area contributed by atoms with Crippen LogP contribution in [0.25, 0.3) is 5.69 Å². The molecule has 4 heteroatoms. The van der Waals surface area contributed by atoms with Crippen LogP contribution >= 0.6 is 15.9 Å². The van der Waals surface area contributed by atoms with Crippen LogP contribution < -0.4 is 0 Å². The molecule has 0 aliphatic heterocycles. The standard InChI is InChI=1S/C9H6BrFN2/c10-9-4-5-13(12-9)8-3-1-2-7(11)6-8/h1-6H. The predicted octanol–water partition coefficient (Wildman–Crippen LogP) is 2.77. The van der Waals surface area contributed by atoms with Crippen molar-refractivity contribution in [2.75, 3.05) is 0 Å². The first-order valence-corrected chi connectivity index (χ1v) is 4.52. The van der Waals surface area contributed by atoms with Gasteiger partial charge in [-0.1, -0.05) is 6.07 Å². The van der Waals surface area contributed by atoms with Crippen molar-refractivity contribution in [1.82, 2.24) is 9.78 Å². The minimum absolute atomic E-state index is 0.260. The largest absolute Gasteiger partial charge is 0.240 e. The number of hydrogen-bond acceptors (Lipinski definition) is 1. The van der Waals surface area contributed by atoms with E-state index >= 15 is 0 Å². The van der Waals surface area contributed by atoms with E-state index < -0.39 is 0 Å². The smallest absolute Gasteiger partial charge is 0.128 e. The fourth-order valence-corrected chi connectivity index (χ4v) is 1.35. The number of halogens is 2. The maximum absolute atomic E-state index is 12.8. The third kappa shape index (κ3) is 1.78. The second kappa shape index (κ2) is 3.30. The van der Waals surface area contributed by atoms with Crippen LogP contribution in [0.15, 0.2) is 41.1 Å². The lowest BCUT2D eigenvalue weighted by atomic mass is 10.3. The number of benzene rings is 1. The maximum Gasteiger partial charge on any atom is 0.128 e. The van der Waals surface area contributed by atoms with E-state index in [9.17, 15) is 4.39 Å². The summed E-state index contributed by atoms with van der Waals surface area (Å²) in [6, 6.07) is 8.08. The Labute approximate surface area is 83.1 Å². The SMILES string of the molecule is Fc1cccc(-n2ccc(Br)n2)c1. The summed E-state index contributed by atoms with van der Waals surface area (Å²) in [4.78, 5) is 0. The minimum Gasteiger partial charge on any atom is -0.240 e. The molecule has 2 aromatic rings. The van der Waals surface area contributed by atoms with E-state index in [1.54, 1.807) is 29.1 Å². The molecule has 2 rings (SSSR count). The second-order valence-corrected chi connectivity index (χ2v) is 3.38. The van der Waals surface area contributed by atoms with Gasteiger partial charge in [-0.25, -0.2) is 9.07 Å². The average molecular weight is 241 g/mol. The van der Waals surface area contributed by atoms with Crippen molar-refractivity contribution >= 4 is 15.9 Å². The van der Waals surface area contributed by atoms with Crippen LogP contribution in [0, 0.1) is 5.82 Å². The minimum atomic E-state index is -0.260. The highest BCUT2D eigenvalue weighted by molar-refractivity contribution is 9.10. The van der Waals surface area contributed by atoms with E-state index in [0.717, 1.165) is 4.60 Å². The first kappa shape index (κ1) is 8.44. The Morgan fingerprint density at radius 1 is 1.31 bits per heavy atom. The van der Waals surface area contributed by atoms with Crippen LogP contribution in [-0.2, 0) is 0 Å². The summed E-state index contributed by atoms with van der Waals surface area (Å²) in [6.07, 6.45) is 1.76. The van der Waals surface area contributed by atoms with Gasteiger partial charge in [-0.3, -0.25) is 0 Å². The summed E-state index contributed by atoms with van der Waals surface area (Å²) in [6.45, 7) is 0. The van der Waals surface area contributed by atoms with Crippen LogP contribution in [0.4, 0.5) is 4.39 Å². The molecule has 0 saturated carbocycles. The molecule has 0 atom stereocenters. The summed E-state index contributed by atoms with van der Waals surface area (Å²) in [5.74, 6) is -0.260. The molecular weight excluding hydrogens is 235 g/mol. The summed E-state index contributed by atoms with van der Waals surface area (Å²) in [7, 11) is 0. The molecule has 0 spiro atoms. The highest BCUT2D eigenvalue weighted by Crippen LogP contribution is 2.11. The number of rotatable bonds is 1. The van der Waals surface area contributed by atoms with E-state index in [4.69, 9.17) is 0 Å². The molecule has 0 fully saturated rings. The Bertz CT molecular complexity index is 425. The molecule has 0 saturated heterocycles. The van der Waals surface area contributed by atoms with Gasteiger partial charge in [0.25, 0.3) is 0 Å². The molecule has 1 heterocycles. The van der Waals surface area contributed by atoms with Crippen LogP contribution in [0.5, 0.6) is 0 Å². The fraction of sp³-hybridized carbons (Fsp3) is 0. The Balaban J connectivity index is 2.46. The van der Waals surface area contributed by atoms with Crippen LogP contribution in [0.1, 0.15) is 0 Å². The molecule has 66 valence electrons. The van der Waals surface area contributed by atoms with Crippen molar-refractivity contribution in [3.63, 3.8) is 0 Å². The Hall–Kier alpha value is -1.16. The van der Waals surface area contributed by atoms with Gasteiger partial charge in [0, 0.05) is 6.20 Å². The van der Waals surface area contributed by atoms with Crippen LogP contribution in [0.3, 0.4) is 0 Å². The molecule has 0 unspecified atom stereocenters. The van der Waals surface area contributed by atoms with Crippen molar-refractivity contribution in [2.24, 2.45) is 0 Å². The fourth-order valence-electron chi connectivity index (χ4n) is 1.06. The maximum atomic E-state index is 12.8. The van der Waals surface area contributed by atoms with Gasteiger partial charge in [0.15, 0.2) is 0 Å². The third-order valence-electron chi connectivity index (χ3n) is 1.63. The number of aromatic nitrogens is 2. The highest BCUT2D eigenvalue weighted by Gasteiger charge is 1.99. The number of hydrogen-bond donors (Lipinski definition) is 0. The van der Waals surface area contributed by atoms with E-state index in [-0.39, 0.29) is 5.82 Å². The van der Waals surface area contributed by atoms with Gasteiger partial charge in [0.05, 0.1) is 5.69 Å². The van der Waals surface area contributed by atoms with Crippen molar-refractivity contribution in [3.8, 4) is 5.69 Å². The molecule has 0 radical (unpaired) electrons. The molecule has 0 N–H and O–H groups in total. The van der Waals surface area contributed by atoms with Gasteiger partial charge in [-0.05, 0) is 40.2 Å². The molecule has 2 nitrogen and oxygen atoms in total. The van der Waals surface area contributed by atoms with Crippen LogP contribution in [-0.4, -0.2) is 9.78 Å². The van der Waals surface area contributed by atoms with Gasteiger partial charge in [0.2, 0.25) is 0 Å². The van der Waals surface area contributed by atoms with Gasteiger partial charge in [0.1, 0.15) is 10.4 Å². The molecule has 13 heavy (non-hydrogen) atoms. The van der Waals surface area contributed by atoms with Gasteiger partial charge in [-0.2, -0.15) is 5.10 Å². The zero-order valence-corrected chi connectivity index (χ0v) is 8.20. The van der Waals surface area contributed by atoms with Crippen molar-refractivity contribution in [3.05, 3.63) is 46.9 Å². The molecule has 1 aromatic heterocycles. The zero-order chi connectivity index (χ0) is 9.26. The van der Waals surface area contributed by atoms with E-state index in [2.05, 4.69) is 21.0 Å². The van der Waals surface area contributed by atoms with Crippen LogP contribution in [0.2, 0.25) is 0 Å². The Morgan fingerprint density at radius 3 is 2.77 bits per heavy atom. The molecule has 1 aromatic carbocycles. The van der Waals surface area contributed by atoms with E-state index in [0.29, 0.717) is 5.69 Å². The van der Waals surface area contributed by atoms with E-state index in [1.807, 2.05) is 0 Å².